The van der Waals surface area contributed by atoms with Crippen molar-refractivity contribution in [3.8, 4) is 11.1 Å². The molecule has 8 rings (SSSR count). The van der Waals surface area contributed by atoms with E-state index in [1.165, 1.54) is 99.8 Å². The van der Waals surface area contributed by atoms with Gasteiger partial charge in [-0.3, -0.25) is 6.08 Å². The first kappa shape index (κ1) is 39.8. The Morgan fingerprint density at radius 3 is 1.72 bits per heavy atom. The van der Waals surface area contributed by atoms with E-state index in [0.29, 0.717) is 5.41 Å². The molecule has 0 aliphatic heterocycles. The third kappa shape index (κ3) is 8.39. The average molecular weight is 775 g/mol. The van der Waals surface area contributed by atoms with Gasteiger partial charge in [0.15, 0.2) is 0 Å². The van der Waals surface area contributed by atoms with Gasteiger partial charge in [0, 0.05) is 5.41 Å². The van der Waals surface area contributed by atoms with E-state index < -0.39 is 0 Å². The summed E-state index contributed by atoms with van der Waals surface area (Å²) in [4.78, 5) is 0. The molecule has 0 nitrogen and oxygen atoms in total. The molecule has 3 heteroatoms. The van der Waals surface area contributed by atoms with Gasteiger partial charge in [0.05, 0.1) is 0 Å². The fraction of sp³-hybridized carbons (Fsp3) is 0.277. The molecule has 0 heterocycles. The van der Waals surface area contributed by atoms with Gasteiger partial charge in [-0.25, -0.2) is 12.1 Å². The molecule has 0 bridgehead atoms. The zero-order chi connectivity index (χ0) is 34.4. The van der Waals surface area contributed by atoms with Crippen LogP contribution in [0.1, 0.15) is 110 Å². The fourth-order valence-corrected chi connectivity index (χ4v) is 7.70. The Bertz CT molecular complexity index is 1900. The van der Waals surface area contributed by atoms with Crippen LogP contribution in [0.4, 0.5) is 0 Å². The normalized spacial score (nSPS) is 14.8. The van der Waals surface area contributed by atoms with Crippen LogP contribution < -0.4 is 24.8 Å². The summed E-state index contributed by atoms with van der Waals surface area (Å²) >= 11 is 1.46. The van der Waals surface area contributed by atoms with Gasteiger partial charge in [-0.15, -0.1) is 11.6 Å². The van der Waals surface area contributed by atoms with Gasteiger partial charge in [-0.05, 0) is 45.9 Å². The second kappa shape index (κ2) is 15.3. The minimum atomic E-state index is 0. The van der Waals surface area contributed by atoms with E-state index in [1.54, 1.807) is 0 Å². The van der Waals surface area contributed by atoms with Crippen LogP contribution in [0.5, 0.6) is 0 Å². The van der Waals surface area contributed by atoms with Crippen LogP contribution in [0.25, 0.3) is 23.3 Å². The molecule has 3 aliphatic rings. The van der Waals surface area contributed by atoms with Crippen LogP contribution in [-0.4, -0.2) is 3.21 Å². The molecule has 50 heavy (non-hydrogen) atoms. The van der Waals surface area contributed by atoms with Crippen molar-refractivity contribution in [2.24, 2.45) is 0 Å². The van der Waals surface area contributed by atoms with Gasteiger partial charge in [-0.2, -0.15) is 29.3 Å². The third-order valence-electron chi connectivity index (χ3n) is 10.1. The number of fused-ring (bicyclic) bond motifs is 5. The van der Waals surface area contributed by atoms with Crippen molar-refractivity contribution < 1.29 is 49.0 Å². The molecule has 0 spiro atoms. The van der Waals surface area contributed by atoms with Gasteiger partial charge in [0.25, 0.3) is 0 Å². The Balaban J connectivity index is 0.000000182. The average Bonchev–Trinajstić information content (AvgIpc) is 3.82. The zero-order valence-electron chi connectivity index (χ0n) is 30.9. The summed E-state index contributed by atoms with van der Waals surface area (Å²) in [5.74, 6) is 0. The van der Waals surface area contributed by atoms with Crippen molar-refractivity contribution >= 4 is 15.4 Å². The van der Waals surface area contributed by atoms with Crippen molar-refractivity contribution in [1.82, 2.24) is 0 Å². The maximum absolute atomic E-state index is 3.50. The van der Waals surface area contributed by atoms with Crippen LogP contribution in [0.2, 0.25) is 0 Å². The Morgan fingerprint density at radius 2 is 1.24 bits per heavy atom. The van der Waals surface area contributed by atoms with E-state index in [9.17, 15) is 0 Å². The minimum Gasteiger partial charge on any atom is -1.00 e. The van der Waals surface area contributed by atoms with E-state index in [1.807, 2.05) is 0 Å². The number of aryl methyl sites for hydroxylation is 2. The van der Waals surface area contributed by atoms with E-state index in [0.717, 1.165) is 6.42 Å². The predicted molar refractivity (Wildman–Crippen MR) is 204 cm³/mol. The van der Waals surface area contributed by atoms with Crippen molar-refractivity contribution in [2.75, 3.05) is 0 Å². The second-order valence-corrected chi connectivity index (χ2v) is 17.1. The summed E-state index contributed by atoms with van der Waals surface area (Å²) in [7, 11) is 0. The SMILES string of the molecule is CC(C)(C)c1cc[cH-]c1.CC1(C)[C-]=Cc2cc3c(cc21)Cc1cc2c(cc1-3)C=CC2(C)C.Cc1ccc([C](=[Zr+2])c2ccc(C)cc2)cc1.[Cl-].[Cl-]. The first-order chi connectivity index (χ1) is 22.6. The van der Waals surface area contributed by atoms with Gasteiger partial charge in [0.1, 0.15) is 0 Å². The van der Waals surface area contributed by atoms with Gasteiger partial charge >= 0.3 is 112 Å². The van der Waals surface area contributed by atoms with Gasteiger partial charge in [-0.1, -0.05) is 83.6 Å². The minimum absolute atomic E-state index is 0. The topological polar surface area (TPSA) is 0 Å². The largest absolute Gasteiger partial charge is 1.00 e. The molecule has 5 aromatic rings. The first-order valence-electron chi connectivity index (χ1n) is 17.2. The second-order valence-electron chi connectivity index (χ2n) is 15.9. The summed E-state index contributed by atoms with van der Waals surface area (Å²) < 4.78 is 1.42. The predicted octanol–water partition coefficient (Wildman–Crippen LogP) is 5.80. The number of allylic oxidation sites excluding steroid dienone is 2. The monoisotopic (exact) mass is 772 g/mol. The van der Waals surface area contributed by atoms with Crippen LogP contribution in [-0.2, 0) is 46.9 Å². The Morgan fingerprint density at radius 1 is 0.720 bits per heavy atom. The number of hydrogen-bond donors (Lipinski definition) is 0. The van der Waals surface area contributed by atoms with Crippen molar-refractivity contribution in [2.45, 2.75) is 85.0 Å². The molecule has 0 N–H and O–H groups in total. The van der Waals surface area contributed by atoms with Crippen molar-refractivity contribution in [3.05, 3.63) is 170 Å². The maximum Gasteiger partial charge on any atom is -1.00 e. The molecule has 0 radical (unpaired) electrons. The maximum atomic E-state index is 3.50. The molecule has 3 aliphatic carbocycles. The molecule has 0 fully saturated rings. The number of benzene rings is 4. The van der Waals surface area contributed by atoms with E-state index in [4.69, 9.17) is 0 Å². The molecule has 0 saturated heterocycles. The molecule has 256 valence electrons. The summed E-state index contributed by atoms with van der Waals surface area (Å²) in [5, 5.41) is 0. The summed E-state index contributed by atoms with van der Waals surface area (Å²) in [6.07, 6.45) is 11.4. The summed E-state index contributed by atoms with van der Waals surface area (Å²) in [5.41, 5.74) is 18.7. The standard InChI is InChI=1S/C23H21.C15H14.C9H13.2ClH.Zr/c1-22(2)7-5-14-10-18-16(12-20(14)22)9-17-13-21-15(11-19(17)18)6-8-23(21,3)4;1-12-3-7-14(8-4-12)11-15-9-5-13(2)6-10-15;1-9(2,3)8-6-4-5-7-8;;;/h5-7,10-13H,9H2,1-4H3;3-10H,1-2H3;4-7H,1-3H3;2*1H;/q-1;;-1;;;+2/p-2. The molecule has 0 aromatic heterocycles. The van der Waals surface area contributed by atoms with E-state index in [-0.39, 0.29) is 35.6 Å². The van der Waals surface area contributed by atoms with Gasteiger partial charge in [0.2, 0.25) is 0 Å². The third-order valence-corrected chi connectivity index (χ3v) is 11.5. The zero-order valence-corrected chi connectivity index (χ0v) is 34.9. The molecule has 0 unspecified atom stereocenters. The van der Waals surface area contributed by atoms with Crippen LogP contribution in [0.15, 0.2) is 103 Å². The number of halogens is 2. The summed E-state index contributed by atoms with van der Waals surface area (Å²) in [6, 6.07) is 35.7. The smallest absolute Gasteiger partial charge is 1.00 e. The quantitative estimate of drug-likeness (QED) is 0.196. The molecular formula is C47H48Cl2Zr-2. The molecule has 5 aromatic carbocycles. The first-order valence-corrected chi connectivity index (χ1v) is 18.5. The van der Waals surface area contributed by atoms with E-state index >= 15 is 0 Å². The Kier molecular flexibility index (Phi) is 12.2. The molecule has 0 amide bonds. The molecule has 0 atom stereocenters. The summed E-state index contributed by atoms with van der Waals surface area (Å²) in [6.45, 7) is 20.0. The molecule has 0 saturated carbocycles. The number of hydrogen-bond acceptors (Lipinski definition) is 0. The van der Waals surface area contributed by atoms with E-state index in [2.05, 4.69) is 184 Å². The molecular weight excluding hydrogens is 727 g/mol. The fourth-order valence-electron chi connectivity index (χ4n) is 6.88. The van der Waals surface area contributed by atoms with Crippen molar-refractivity contribution in [3.63, 3.8) is 0 Å². The van der Waals surface area contributed by atoms with Crippen LogP contribution >= 0.6 is 0 Å². The number of rotatable bonds is 2. The van der Waals surface area contributed by atoms with Crippen molar-refractivity contribution in [1.29, 1.82) is 0 Å². The van der Waals surface area contributed by atoms with Crippen LogP contribution in [0, 0.1) is 19.9 Å². The van der Waals surface area contributed by atoms with Gasteiger partial charge < -0.3 is 24.8 Å². The van der Waals surface area contributed by atoms with Crippen LogP contribution in [0.3, 0.4) is 0 Å². The Hall–Kier alpha value is -2.96. The Labute approximate surface area is 328 Å².